The van der Waals surface area contributed by atoms with Gasteiger partial charge in [-0.15, -0.1) is 0 Å². The van der Waals surface area contributed by atoms with Crippen molar-refractivity contribution < 1.29 is 9.53 Å². The van der Waals surface area contributed by atoms with Crippen LogP contribution in [0.5, 0.6) is 0 Å². The minimum absolute atomic E-state index is 0.0411. The monoisotopic (exact) mass is 262 g/mol. The van der Waals surface area contributed by atoms with Gasteiger partial charge in [-0.2, -0.15) is 0 Å². The van der Waals surface area contributed by atoms with Crippen molar-refractivity contribution in [3.8, 4) is 0 Å². The quantitative estimate of drug-likeness (QED) is 0.846. The molecular formula is C15H22N2O2. The molecule has 1 aliphatic heterocycles. The molecular weight excluding hydrogens is 240 g/mol. The van der Waals surface area contributed by atoms with Crippen LogP contribution >= 0.6 is 0 Å². The minimum Gasteiger partial charge on any atom is -0.399 e. The summed E-state index contributed by atoms with van der Waals surface area (Å²) in [6, 6.07) is 7.14. The van der Waals surface area contributed by atoms with Crippen LogP contribution in [0, 0.1) is 5.92 Å². The number of hydrogen-bond donors (Lipinski definition) is 1. The molecule has 0 atom stereocenters. The number of carbonyl (C=O) groups excluding carboxylic acids is 1. The average Bonchev–Trinajstić information content (AvgIpc) is 2.45. The lowest BCUT2D eigenvalue weighted by Crippen LogP contribution is -2.30. The van der Waals surface area contributed by atoms with Crippen LogP contribution in [0.15, 0.2) is 24.3 Å². The van der Waals surface area contributed by atoms with Gasteiger partial charge in [0, 0.05) is 38.1 Å². The van der Waals surface area contributed by atoms with Gasteiger partial charge >= 0.3 is 0 Å². The molecule has 2 rings (SSSR count). The fraction of sp³-hybridized carbons (Fsp3) is 0.533. The summed E-state index contributed by atoms with van der Waals surface area (Å²) in [4.78, 5) is 14.0. The van der Waals surface area contributed by atoms with Crippen molar-refractivity contribution in [2.24, 2.45) is 5.92 Å². The van der Waals surface area contributed by atoms with Crippen molar-refractivity contribution in [3.63, 3.8) is 0 Å². The number of hydrogen-bond acceptors (Lipinski definition) is 3. The van der Waals surface area contributed by atoms with Crippen LogP contribution in [0.1, 0.15) is 29.6 Å². The number of amides is 1. The van der Waals surface area contributed by atoms with E-state index in [4.69, 9.17) is 10.5 Å². The van der Waals surface area contributed by atoms with E-state index < -0.39 is 0 Å². The summed E-state index contributed by atoms with van der Waals surface area (Å²) in [5, 5.41) is 0. The van der Waals surface area contributed by atoms with E-state index in [0.29, 0.717) is 17.2 Å². The number of nitrogens with zero attached hydrogens (tertiary/aromatic N) is 1. The molecule has 0 saturated carbocycles. The molecule has 0 aromatic heterocycles. The summed E-state index contributed by atoms with van der Waals surface area (Å²) in [6.45, 7) is 2.51. The number of nitrogen functional groups attached to an aromatic ring is 1. The van der Waals surface area contributed by atoms with Gasteiger partial charge in [0.25, 0.3) is 5.91 Å². The number of nitrogens with two attached hydrogens (primary N) is 1. The maximum absolute atomic E-state index is 12.2. The number of benzene rings is 1. The fourth-order valence-corrected chi connectivity index (χ4v) is 2.40. The molecule has 4 nitrogen and oxygen atoms in total. The van der Waals surface area contributed by atoms with Gasteiger partial charge in [0.05, 0.1) is 0 Å². The lowest BCUT2D eigenvalue weighted by molar-refractivity contribution is 0.0583. The first-order valence-corrected chi connectivity index (χ1v) is 6.85. The Kier molecular flexibility index (Phi) is 4.80. The summed E-state index contributed by atoms with van der Waals surface area (Å²) in [7, 11) is 1.85. The van der Waals surface area contributed by atoms with Crippen LogP contribution in [-0.2, 0) is 4.74 Å². The predicted octanol–water partition coefficient (Wildman–Crippen LogP) is 2.16. The first-order chi connectivity index (χ1) is 9.16. The Morgan fingerprint density at radius 2 is 2.16 bits per heavy atom. The van der Waals surface area contributed by atoms with Gasteiger partial charge in [0.15, 0.2) is 0 Å². The normalized spacial score (nSPS) is 16.3. The third-order valence-electron chi connectivity index (χ3n) is 3.69. The van der Waals surface area contributed by atoms with Crippen molar-refractivity contribution in [1.29, 1.82) is 0 Å². The SMILES string of the molecule is CN(CCC1CCOCC1)C(=O)c1cccc(N)c1. The molecule has 4 heteroatoms. The summed E-state index contributed by atoms with van der Waals surface area (Å²) >= 11 is 0. The van der Waals surface area contributed by atoms with Gasteiger partial charge in [-0.3, -0.25) is 4.79 Å². The molecule has 19 heavy (non-hydrogen) atoms. The maximum atomic E-state index is 12.2. The second-order valence-electron chi connectivity index (χ2n) is 5.20. The smallest absolute Gasteiger partial charge is 0.253 e. The van der Waals surface area contributed by atoms with Crippen molar-refractivity contribution in [3.05, 3.63) is 29.8 Å². The lowest BCUT2D eigenvalue weighted by Gasteiger charge is -2.25. The van der Waals surface area contributed by atoms with Crippen LogP contribution in [-0.4, -0.2) is 37.6 Å². The number of ether oxygens (including phenoxy) is 1. The first kappa shape index (κ1) is 13.9. The maximum Gasteiger partial charge on any atom is 0.253 e. The molecule has 2 N–H and O–H groups in total. The fourth-order valence-electron chi connectivity index (χ4n) is 2.40. The molecule has 0 radical (unpaired) electrons. The zero-order chi connectivity index (χ0) is 13.7. The van der Waals surface area contributed by atoms with Gasteiger partial charge in [-0.05, 0) is 43.4 Å². The van der Waals surface area contributed by atoms with Crippen molar-refractivity contribution in [2.45, 2.75) is 19.3 Å². The van der Waals surface area contributed by atoms with E-state index in [-0.39, 0.29) is 5.91 Å². The van der Waals surface area contributed by atoms with E-state index in [1.807, 2.05) is 19.2 Å². The molecule has 104 valence electrons. The highest BCUT2D eigenvalue weighted by Gasteiger charge is 2.17. The van der Waals surface area contributed by atoms with Crippen LogP contribution in [0.4, 0.5) is 5.69 Å². The molecule has 0 aliphatic carbocycles. The number of anilines is 1. The summed E-state index contributed by atoms with van der Waals surface area (Å²) < 4.78 is 5.34. The van der Waals surface area contributed by atoms with Gasteiger partial charge in [-0.1, -0.05) is 6.07 Å². The molecule has 1 amide bonds. The third-order valence-corrected chi connectivity index (χ3v) is 3.69. The molecule has 1 heterocycles. The highest BCUT2D eigenvalue weighted by Crippen LogP contribution is 2.19. The van der Waals surface area contributed by atoms with Gasteiger partial charge < -0.3 is 15.4 Å². The van der Waals surface area contributed by atoms with Gasteiger partial charge in [0.1, 0.15) is 0 Å². The molecule has 0 spiro atoms. The Hall–Kier alpha value is -1.55. The summed E-state index contributed by atoms with van der Waals surface area (Å²) in [6.07, 6.45) is 3.27. The molecule has 1 aliphatic rings. The second-order valence-corrected chi connectivity index (χ2v) is 5.20. The Balaban J connectivity index is 1.85. The average molecular weight is 262 g/mol. The Labute approximate surface area is 114 Å². The molecule has 1 saturated heterocycles. The second kappa shape index (κ2) is 6.57. The van der Waals surface area contributed by atoms with E-state index in [1.54, 1.807) is 17.0 Å². The first-order valence-electron chi connectivity index (χ1n) is 6.85. The van der Waals surface area contributed by atoms with Crippen molar-refractivity contribution >= 4 is 11.6 Å². The molecule has 0 bridgehead atoms. The van der Waals surface area contributed by atoms with Crippen LogP contribution in [0.3, 0.4) is 0 Å². The molecule has 1 aromatic rings. The third kappa shape index (κ3) is 3.96. The highest BCUT2D eigenvalue weighted by molar-refractivity contribution is 5.94. The van der Waals surface area contributed by atoms with E-state index in [2.05, 4.69) is 0 Å². The molecule has 1 aromatic carbocycles. The summed E-state index contributed by atoms with van der Waals surface area (Å²) in [5.74, 6) is 0.726. The van der Waals surface area contributed by atoms with E-state index in [1.165, 1.54) is 0 Å². The zero-order valence-corrected chi connectivity index (χ0v) is 11.5. The minimum atomic E-state index is 0.0411. The zero-order valence-electron chi connectivity index (χ0n) is 11.5. The Morgan fingerprint density at radius 3 is 2.84 bits per heavy atom. The standard InChI is InChI=1S/C15H22N2O2/c1-17(8-5-12-6-9-19-10-7-12)15(18)13-3-2-4-14(16)11-13/h2-4,11-12H,5-10,16H2,1H3. The van der Waals surface area contributed by atoms with E-state index >= 15 is 0 Å². The largest absolute Gasteiger partial charge is 0.399 e. The Morgan fingerprint density at radius 1 is 1.42 bits per heavy atom. The van der Waals surface area contributed by atoms with Crippen LogP contribution in [0.2, 0.25) is 0 Å². The van der Waals surface area contributed by atoms with Crippen molar-refractivity contribution in [2.75, 3.05) is 32.5 Å². The number of rotatable bonds is 4. The van der Waals surface area contributed by atoms with E-state index in [0.717, 1.165) is 39.0 Å². The Bertz CT molecular complexity index is 428. The van der Waals surface area contributed by atoms with Crippen molar-refractivity contribution in [1.82, 2.24) is 4.90 Å². The summed E-state index contributed by atoms with van der Waals surface area (Å²) in [5.41, 5.74) is 6.99. The topological polar surface area (TPSA) is 55.6 Å². The number of carbonyl (C=O) groups is 1. The molecule has 1 fully saturated rings. The molecule has 0 unspecified atom stereocenters. The van der Waals surface area contributed by atoms with E-state index in [9.17, 15) is 4.79 Å². The van der Waals surface area contributed by atoms with Gasteiger partial charge in [0.2, 0.25) is 0 Å². The van der Waals surface area contributed by atoms with Gasteiger partial charge in [-0.25, -0.2) is 0 Å². The predicted molar refractivity (Wildman–Crippen MR) is 76.0 cm³/mol. The van der Waals surface area contributed by atoms with Crippen LogP contribution in [0.25, 0.3) is 0 Å². The van der Waals surface area contributed by atoms with Crippen LogP contribution < -0.4 is 5.73 Å². The highest BCUT2D eigenvalue weighted by atomic mass is 16.5. The lowest BCUT2D eigenvalue weighted by atomic mass is 9.96.